The first-order valence-electron chi connectivity index (χ1n) is 16.6. The molecule has 0 aliphatic rings. The first-order chi connectivity index (χ1) is 24.8. The highest BCUT2D eigenvalue weighted by Crippen LogP contribution is 2.38. The Morgan fingerprint density at radius 2 is 0.880 bits per heavy atom. The molecule has 3 heterocycles. The summed E-state index contributed by atoms with van der Waals surface area (Å²) in [5.74, 6) is 1.82. The number of fused-ring (bicyclic) bond motifs is 6. The Balaban J connectivity index is 1.07. The van der Waals surface area contributed by atoms with Gasteiger partial charge in [-0.15, -0.1) is 0 Å². The van der Waals surface area contributed by atoms with Gasteiger partial charge in [0.2, 0.25) is 0 Å². The van der Waals surface area contributed by atoms with Crippen molar-refractivity contribution in [3.8, 4) is 56.4 Å². The Labute approximate surface area is 287 Å². The third kappa shape index (κ3) is 4.67. The van der Waals surface area contributed by atoms with Crippen molar-refractivity contribution < 1.29 is 8.83 Å². The van der Waals surface area contributed by atoms with Crippen LogP contribution in [0.1, 0.15) is 0 Å². The largest absolute Gasteiger partial charge is 0.456 e. The molecule has 0 radical (unpaired) electrons. The lowest BCUT2D eigenvalue weighted by Gasteiger charge is -2.10. The maximum atomic E-state index is 6.32. The zero-order chi connectivity index (χ0) is 33.0. The zero-order valence-electron chi connectivity index (χ0n) is 26.7. The van der Waals surface area contributed by atoms with Gasteiger partial charge in [0.15, 0.2) is 17.5 Å². The molecule has 0 aliphatic heterocycles. The summed E-state index contributed by atoms with van der Waals surface area (Å²) in [7, 11) is 0. The monoisotopic (exact) mass is 641 g/mol. The van der Waals surface area contributed by atoms with E-state index in [1.165, 1.54) is 0 Å². The van der Waals surface area contributed by atoms with Gasteiger partial charge in [-0.25, -0.2) is 15.0 Å². The number of aromatic nitrogens is 3. The average Bonchev–Trinajstić information content (AvgIpc) is 3.77. The van der Waals surface area contributed by atoms with E-state index < -0.39 is 0 Å². The number of furan rings is 2. The number of para-hydroxylation sites is 3. The molecule has 0 fully saturated rings. The Morgan fingerprint density at radius 3 is 1.72 bits per heavy atom. The molecule has 10 rings (SSSR count). The van der Waals surface area contributed by atoms with E-state index in [0.717, 1.165) is 82.8 Å². The van der Waals surface area contributed by atoms with Crippen LogP contribution in [0.5, 0.6) is 0 Å². The lowest BCUT2D eigenvalue weighted by atomic mass is 9.98. The van der Waals surface area contributed by atoms with Crippen LogP contribution in [0.3, 0.4) is 0 Å². The number of benzene rings is 7. The maximum absolute atomic E-state index is 6.32. The molecule has 5 heteroatoms. The minimum Gasteiger partial charge on any atom is -0.456 e. The molecular formula is C45H27N3O2. The lowest BCUT2D eigenvalue weighted by molar-refractivity contribution is 0.669. The normalized spacial score (nSPS) is 11.6. The summed E-state index contributed by atoms with van der Waals surface area (Å²) in [6.07, 6.45) is 0. The minimum absolute atomic E-state index is 0.598. The highest BCUT2D eigenvalue weighted by atomic mass is 16.3. The molecule has 0 N–H and O–H groups in total. The molecule has 0 aliphatic carbocycles. The first kappa shape index (κ1) is 28.2. The van der Waals surface area contributed by atoms with E-state index in [2.05, 4.69) is 91.0 Å². The van der Waals surface area contributed by atoms with E-state index >= 15 is 0 Å². The molecule has 0 bridgehead atoms. The molecule has 3 aromatic heterocycles. The molecule has 7 aromatic carbocycles. The number of rotatable bonds is 5. The lowest BCUT2D eigenvalue weighted by Crippen LogP contribution is -2.00. The molecular weight excluding hydrogens is 615 g/mol. The molecule has 5 nitrogen and oxygen atoms in total. The van der Waals surface area contributed by atoms with Crippen LogP contribution in [0.25, 0.3) is 100 Å². The summed E-state index contributed by atoms with van der Waals surface area (Å²) in [5, 5.41) is 4.28. The van der Waals surface area contributed by atoms with Gasteiger partial charge in [0, 0.05) is 43.8 Å². The third-order valence-electron chi connectivity index (χ3n) is 9.37. The Bertz CT molecular complexity index is 2870. The summed E-state index contributed by atoms with van der Waals surface area (Å²) >= 11 is 0. The molecule has 0 atom stereocenters. The van der Waals surface area contributed by atoms with Gasteiger partial charge in [-0.3, -0.25) is 0 Å². The molecule has 10 aromatic rings. The summed E-state index contributed by atoms with van der Waals surface area (Å²) in [6, 6.07) is 55.7. The third-order valence-corrected chi connectivity index (χ3v) is 9.37. The number of nitrogens with zero attached hydrogens (tertiary/aromatic N) is 3. The minimum atomic E-state index is 0.598. The predicted octanol–water partition coefficient (Wildman–Crippen LogP) is 12.0. The smallest absolute Gasteiger partial charge is 0.164 e. The molecule has 0 saturated carbocycles. The van der Waals surface area contributed by atoms with Gasteiger partial charge in [0.1, 0.15) is 22.3 Å². The molecule has 234 valence electrons. The van der Waals surface area contributed by atoms with Crippen molar-refractivity contribution in [1.82, 2.24) is 15.0 Å². The van der Waals surface area contributed by atoms with E-state index in [1.807, 2.05) is 72.8 Å². The standard InChI is InChI=1S/C45H27N3O2/c1-2-11-30(12-3-1)43-46-44(48-45(47-43)37-19-10-22-40-41(37)36-16-5-7-21-39(36)49-40)32-14-8-13-31(27-32)28-23-25-29(26-24-28)33-17-9-18-35-34-15-4-6-20-38(34)50-42(33)35/h1-27H. The molecule has 0 spiro atoms. The first-order valence-corrected chi connectivity index (χ1v) is 16.6. The van der Waals surface area contributed by atoms with Crippen molar-refractivity contribution in [3.05, 3.63) is 164 Å². The van der Waals surface area contributed by atoms with Gasteiger partial charge < -0.3 is 8.83 Å². The Hall–Kier alpha value is -6.85. The van der Waals surface area contributed by atoms with Gasteiger partial charge in [-0.05, 0) is 41.0 Å². The van der Waals surface area contributed by atoms with Crippen LogP contribution in [0.2, 0.25) is 0 Å². The SMILES string of the molecule is c1ccc(-c2nc(-c3cccc(-c4ccc(-c5cccc6c5oc5ccccc56)cc4)c3)nc(-c3cccc4oc5ccccc5c34)n2)cc1. The van der Waals surface area contributed by atoms with E-state index in [9.17, 15) is 0 Å². The second-order valence-corrected chi connectivity index (χ2v) is 12.4. The van der Waals surface area contributed by atoms with Crippen molar-refractivity contribution in [3.63, 3.8) is 0 Å². The summed E-state index contributed by atoms with van der Waals surface area (Å²) < 4.78 is 12.5. The topological polar surface area (TPSA) is 65.0 Å². The second kappa shape index (κ2) is 11.4. The highest BCUT2D eigenvalue weighted by Gasteiger charge is 2.18. The summed E-state index contributed by atoms with van der Waals surface area (Å²) in [6.45, 7) is 0. The van der Waals surface area contributed by atoms with Crippen LogP contribution in [-0.2, 0) is 0 Å². The van der Waals surface area contributed by atoms with Crippen molar-refractivity contribution in [2.24, 2.45) is 0 Å². The fourth-order valence-electron chi connectivity index (χ4n) is 6.96. The summed E-state index contributed by atoms with van der Waals surface area (Å²) in [5.41, 5.74) is 10.5. The van der Waals surface area contributed by atoms with Gasteiger partial charge in [0.25, 0.3) is 0 Å². The van der Waals surface area contributed by atoms with Crippen LogP contribution in [0.15, 0.2) is 173 Å². The van der Waals surface area contributed by atoms with Crippen LogP contribution >= 0.6 is 0 Å². The predicted molar refractivity (Wildman–Crippen MR) is 202 cm³/mol. The molecule has 0 unspecified atom stereocenters. The fourth-order valence-corrected chi connectivity index (χ4v) is 6.96. The van der Waals surface area contributed by atoms with E-state index in [4.69, 9.17) is 23.8 Å². The van der Waals surface area contributed by atoms with Crippen molar-refractivity contribution >= 4 is 43.9 Å². The second-order valence-electron chi connectivity index (χ2n) is 12.4. The van der Waals surface area contributed by atoms with Crippen molar-refractivity contribution in [2.75, 3.05) is 0 Å². The Morgan fingerprint density at radius 1 is 0.320 bits per heavy atom. The fraction of sp³-hybridized carbons (Fsp3) is 0. The molecule has 50 heavy (non-hydrogen) atoms. The summed E-state index contributed by atoms with van der Waals surface area (Å²) in [4.78, 5) is 15.1. The van der Waals surface area contributed by atoms with Gasteiger partial charge in [-0.2, -0.15) is 0 Å². The maximum Gasteiger partial charge on any atom is 0.164 e. The van der Waals surface area contributed by atoms with E-state index in [-0.39, 0.29) is 0 Å². The van der Waals surface area contributed by atoms with E-state index in [0.29, 0.717) is 17.5 Å². The highest BCUT2D eigenvalue weighted by molar-refractivity contribution is 6.12. The quantitative estimate of drug-likeness (QED) is 0.187. The van der Waals surface area contributed by atoms with Gasteiger partial charge >= 0.3 is 0 Å². The average molecular weight is 642 g/mol. The van der Waals surface area contributed by atoms with Gasteiger partial charge in [0.05, 0.1) is 0 Å². The van der Waals surface area contributed by atoms with E-state index in [1.54, 1.807) is 0 Å². The van der Waals surface area contributed by atoms with Crippen molar-refractivity contribution in [2.45, 2.75) is 0 Å². The Kier molecular flexibility index (Phi) is 6.42. The zero-order valence-corrected chi connectivity index (χ0v) is 26.7. The van der Waals surface area contributed by atoms with Crippen LogP contribution in [0.4, 0.5) is 0 Å². The van der Waals surface area contributed by atoms with Crippen LogP contribution < -0.4 is 0 Å². The number of hydrogen-bond acceptors (Lipinski definition) is 5. The van der Waals surface area contributed by atoms with Crippen LogP contribution in [0, 0.1) is 0 Å². The van der Waals surface area contributed by atoms with Crippen molar-refractivity contribution in [1.29, 1.82) is 0 Å². The number of hydrogen-bond donors (Lipinski definition) is 0. The van der Waals surface area contributed by atoms with Crippen LogP contribution in [-0.4, -0.2) is 15.0 Å². The molecule has 0 amide bonds. The van der Waals surface area contributed by atoms with Gasteiger partial charge in [-0.1, -0.05) is 140 Å². The molecule has 0 saturated heterocycles.